The number of nitriles is 1. The Bertz CT molecular complexity index is 819. The summed E-state index contributed by atoms with van der Waals surface area (Å²) in [6, 6.07) is 7.08. The van der Waals surface area contributed by atoms with Gasteiger partial charge in [0.25, 0.3) is 5.56 Å². The number of hydrogen-bond donors (Lipinski definition) is 1. The minimum absolute atomic E-state index is 0.0426. The number of ether oxygens (including phenoxy) is 1. The van der Waals surface area contributed by atoms with E-state index >= 15 is 0 Å². The molecule has 0 unspecified atom stereocenters. The smallest absolute Gasteiger partial charge is 0.338 e. The molecule has 106 valence electrons. The summed E-state index contributed by atoms with van der Waals surface area (Å²) in [6.45, 7) is 1.60. The van der Waals surface area contributed by atoms with E-state index in [-0.39, 0.29) is 22.3 Å². The van der Waals surface area contributed by atoms with Gasteiger partial charge in [0.1, 0.15) is 17.4 Å². The number of rotatable bonds is 2. The highest BCUT2D eigenvalue weighted by Gasteiger charge is 2.21. The van der Waals surface area contributed by atoms with Gasteiger partial charge in [-0.2, -0.15) is 5.26 Å². The summed E-state index contributed by atoms with van der Waals surface area (Å²) in [4.78, 5) is 26.0. The van der Waals surface area contributed by atoms with Crippen molar-refractivity contribution in [3.63, 3.8) is 0 Å². The number of pyridine rings is 1. The molecule has 1 N–H and O–H groups in total. The van der Waals surface area contributed by atoms with Crippen molar-refractivity contribution in [2.45, 2.75) is 6.92 Å². The van der Waals surface area contributed by atoms with Gasteiger partial charge in [0.15, 0.2) is 0 Å². The maximum Gasteiger partial charge on any atom is 0.338 e. The van der Waals surface area contributed by atoms with Crippen LogP contribution >= 0.6 is 0 Å². The van der Waals surface area contributed by atoms with Crippen molar-refractivity contribution in [2.75, 3.05) is 7.11 Å². The molecule has 0 amide bonds. The quantitative estimate of drug-likeness (QED) is 0.857. The first-order chi connectivity index (χ1) is 9.99. The number of aromatic nitrogens is 1. The van der Waals surface area contributed by atoms with E-state index in [0.29, 0.717) is 5.69 Å². The van der Waals surface area contributed by atoms with Crippen molar-refractivity contribution in [2.24, 2.45) is 0 Å². The Kier molecular flexibility index (Phi) is 3.85. The molecule has 6 heteroatoms. The zero-order valence-electron chi connectivity index (χ0n) is 11.4. The molecule has 0 aliphatic carbocycles. The molecule has 0 bridgehead atoms. The van der Waals surface area contributed by atoms with Crippen molar-refractivity contribution in [3.05, 3.63) is 57.3 Å². The molecular formula is C15H11FN2O3. The first kappa shape index (κ1) is 14.5. The van der Waals surface area contributed by atoms with Gasteiger partial charge >= 0.3 is 5.97 Å². The molecule has 0 spiro atoms. The Morgan fingerprint density at radius 3 is 2.76 bits per heavy atom. The van der Waals surface area contributed by atoms with Gasteiger partial charge in [0, 0.05) is 16.8 Å². The molecule has 1 aromatic carbocycles. The second kappa shape index (κ2) is 5.59. The lowest BCUT2D eigenvalue weighted by Crippen LogP contribution is -2.14. The fourth-order valence-electron chi connectivity index (χ4n) is 2.07. The zero-order chi connectivity index (χ0) is 15.6. The minimum atomic E-state index is -0.744. The van der Waals surface area contributed by atoms with E-state index in [0.717, 1.165) is 6.07 Å². The van der Waals surface area contributed by atoms with Crippen LogP contribution in [0.3, 0.4) is 0 Å². The summed E-state index contributed by atoms with van der Waals surface area (Å²) in [7, 11) is 1.17. The second-order valence-corrected chi connectivity index (χ2v) is 4.34. The largest absolute Gasteiger partial charge is 0.465 e. The van der Waals surface area contributed by atoms with Crippen LogP contribution in [0.2, 0.25) is 0 Å². The molecule has 1 aromatic heterocycles. The molecule has 0 fully saturated rings. The number of nitrogens with zero attached hydrogens (tertiary/aromatic N) is 1. The number of H-pyrrole nitrogens is 1. The molecule has 0 saturated carbocycles. The van der Waals surface area contributed by atoms with E-state index in [4.69, 9.17) is 5.26 Å². The first-order valence-corrected chi connectivity index (χ1v) is 6.00. The maximum absolute atomic E-state index is 14.2. The van der Waals surface area contributed by atoms with Gasteiger partial charge in [-0.3, -0.25) is 4.79 Å². The predicted molar refractivity (Wildman–Crippen MR) is 73.2 cm³/mol. The third-order valence-electron chi connectivity index (χ3n) is 2.97. The van der Waals surface area contributed by atoms with Crippen molar-refractivity contribution in [1.29, 1.82) is 5.26 Å². The molecule has 0 atom stereocenters. The number of benzene rings is 1. The molecule has 5 nitrogen and oxygen atoms in total. The standard InChI is InChI=1S/C15H11FN2O3/c1-8-6-10(11(7-17)14(19)18-8)13-9(15(20)21-2)4-3-5-12(13)16/h3-6H,1-2H3,(H,18,19). The zero-order valence-corrected chi connectivity index (χ0v) is 11.4. The Morgan fingerprint density at radius 2 is 2.14 bits per heavy atom. The van der Waals surface area contributed by atoms with Gasteiger partial charge < -0.3 is 9.72 Å². The highest BCUT2D eigenvalue weighted by Crippen LogP contribution is 2.29. The number of carbonyl (C=O) groups is 1. The number of hydrogen-bond acceptors (Lipinski definition) is 4. The van der Waals surface area contributed by atoms with Crippen LogP contribution in [0.15, 0.2) is 29.1 Å². The van der Waals surface area contributed by atoms with E-state index in [1.54, 1.807) is 13.0 Å². The number of aryl methyl sites for hydroxylation is 1. The van der Waals surface area contributed by atoms with Gasteiger partial charge in [0.05, 0.1) is 12.7 Å². The fraction of sp³-hybridized carbons (Fsp3) is 0.133. The predicted octanol–water partition coefficient (Wildman–Crippen LogP) is 2.15. The topological polar surface area (TPSA) is 83.0 Å². The lowest BCUT2D eigenvalue weighted by molar-refractivity contribution is 0.0601. The van der Waals surface area contributed by atoms with Crippen LogP contribution in [0.5, 0.6) is 0 Å². The van der Waals surface area contributed by atoms with Crippen LogP contribution in [0.25, 0.3) is 11.1 Å². The normalized spacial score (nSPS) is 10.0. The molecule has 0 radical (unpaired) electrons. The monoisotopic (exact) mass is 286 g/mol. The third kappa shape index (κ3) is 2.54. The van der Waals surface area contributed by atoms with Gasteiger partial charge in [-0.05, 0) is 25.1 Å². The number of halogens is 1. The molecule has 0 saturated heterocycles. The molecule has 0 aliphatic rings. The molecule has 1 heterocycles. The lowest BCUT2D eigenvalue weighted by atomic mass is 9.95. The highest BCUT2D eigenvalue weighted by atomic mass is 19.1. The fourth-order valence-corrected chi connectivity index (χ4v) is 2.07. The van der Waals surface area contributed by atoms with Gasteiger partial charge in [-0.1, -0.05) is 6.07 Å². The van der Waals surface area contributed by atoms with Crippen molar-refractivity contribution < 1.29 is 13.9 Å². The summed E-state index contributed by atoms with van der Waals surface area (Å²) in [5.74, 6) is -1.45. The Morgan fingerprint density at radius 1 is 1.43 bits per heavy atom. The van der Waals surface area contributed by atoms with Crippen LogP contribution < -0.4 is 5.56 Å². The number of nitrogens with one attached hydrogen (secondary N) is 1. The lowest BCUT2D eigenvalue weighted by Gasteiger charge is -2.11. The van der Waals surface area contributed by atoms with Crippen molar-refractivity contribution >= 4 is 5.97 Å². The minimum Gasteiger partial charge on any atom is -0.465 e. The van der Waals surface area contributed by atoms with Crippen molar-refractivity contribution in [1.82, 2.24) is 4.98 Å². The summed E-state index contributed by atoms with van der Waals surface area (Å²) in [5.41, 5.74) is -0.526. The van der Waals surface area contributed by atoms with Crippen LogP contribution in [0.1, 0.15) is 21.6 Å². The van der Waals surface area contributed by atoms with Gasteiger partial charge in [0.2, 0.25) is 0 Å². The van der Waals surface area contributed by atoms with E-state index in [1.807, 2.05) is 0 Å². The van der Waals surface area contributed by atoms with Crippen LogP contribution in [0, 0.1) is 24.1 Å². The summed E-state index contributed by atoms with van der Waals surface area (Å²) >= 11 is 0. The molecular weight excluding hydrogens is 275 g/mol. The second-order valence-electron chi connectivity index (χ2n) is 4.34. The maximum atomic E-state index is 14.2. The summed E-state index contributed by atoms with van der Waals surface area (Å²) in [5, 5.41) is 9.12. The van der Waals surface area contributed by atoms with Gasteiger partial charge in [-0.25, -0.2) is 9.18 Å². The number of aromatic amines is 1. The first-order valence-electron chi connectivity index (χ1n) is 6.00. The van der Waals surface area contributed by atoms with E-state index in [2.05, 4.69) is 9.72 Å². The number of esters is 1. The molecule has 21 heavy (non-hydrogen) atoms. The number of carbonyl (C=O) groups excluding carboxylic acids is 1. The third-order valence-corrected chi connectivity index (χ3v) is 2.97. The van der Waals surface area contributed by atoms with E-state index < -0.39 is 17.3 Å². The Balaban J connectivity index is 2.89. The highest BCUT2D eigenvalue weighted by molar-refractivity contribution is 5.98. The molecule has 0 aliphatic heterocycles. The average molecular weight is 286 g/mol. The van der Waals surface area contributed by atoms with Crippen LogP contribution in [-0.2, 0) is 4.74 Å². The SMILES string of the molecule is COC(=O)c1cccc(F)c1-c1cc(C)[nH]c(=O)c1C#N. The van der Waals surface area contributed by atoms with Crippen LogP contribution in [-0.4, -0.2) is 18.1 Å². The Hall–Kier alpha value is -2.94. The molecule has 2 aromatic rings. The average Bonchev–Trinajstić information content (AvgIpc) is 2.45. The number of methoxy groups -OCH3 is 1. The van der Waals surface area contributed by atoms with Gasteiger partial charge in [-0.15, -0.1) is 0 Å². The van der Waals surface area contributed by atoms with Crippen LogP contribution in [0.4, 0.5) is 4.39 Å². The van der Waals surface area contributed by atoms with Crippen molar-refractivity contribution in [3.8, 4) is 17.2 Å². The van der Waals surface area contributed by atoms with E-state index in [1.165, 1.54) is 25.3 Å². The summed E-state index contributed by atoms with van der Waals surface area (Å²) in [6.07, 6.45) is 0. The van der Waals surface area contributed by atoms with E-state index in [9.17, 15) is 14.0 Å². The summed E-state index contributed by atoms with van der Waals surface area (Å²) < 4.78 is 18.8. The molecule has 2 rings (SSSR count). The Labute approximate surface area is 119 Å².